The first-order chi connectivity index (χ1) is 8.32. The van der Waals surface area contributed by atoms with Crippen molar-refractivity contribution in [3.8, 4) is 0 Å². The van der Waals surface area contributed by atoms with Gasteiger partial charge in [0.25, 0.3) is 0 Å². The molecule has 0 saturated carbocycles. The van der Waals surface area contributed by atoms with Crippen molar-refractivity contribution in [1.82, 2.24) is 29.3 Å². The van der Waals surface area contributed by atoms with Crippen LogP contribution in [0.25, 0.3) is 0 Å². The molecule has 0 aliphatic carbocycles. The molecule has 0 atom stereocenters. The van der Waals surface area contributed by atoms with Crippen LogP contribution in [0.2, 0.25) is 0 Å². The first-order valence-electron chi connectivity index (χ1n) is 5.11. The molecule has 0 bridgehead atoms. The standard InChI is InChI=1S/C10H9N6.Sn.H/c1-4-11-14(7-1)10(15-8-2-5-12-15)16-9-3-6-13-16;;/h1-9H;;. The van der Waals surface area contributed by atoms with Crippen LogP contribution in [-0.2, 0) is 3.80 Å². The molecule has 0 aromatic carbocycles. The first-order valence-corrected chi connectivity index (χ1v) is 6.76. The zero-order chi connectivity index (χ0) is 11.7. The summed E-state index contributed by atoms with van der Waals surface area (Å²) in [6, 6.07) is 5.70. The SMILES string of the molecule is [SnH][C](n1cccn1)(n1cccn1)n1cccn1. The van der Waals surface area contributed by atoms with Gasteiger partial charge < -0.3 is 0 Å². The Balaban J connectivity index is 2.21. The minimum absolute atomic E-state index is 0.485. The van der Waals surface area contributed by atoms with Crippen LogP contribution >= 0.6 is 0 Å². The maximum absolute atomic E-state index is 4.33. The Morgan fingerprint density at radius 3 is 1.29 bits per heavy atom. The van der Waals surface area contributed by atoms with Crippen molar-refractivity contribution in [3.05, 3.63) is 55.4 Å². The molecule has 6 nitrogen and oxygen atoms in total. The van der Waals surface area contributed by atoms with Gasteiger partial charge in [0.2, 0.25) is 0 Å². The van der Waals surface area contributed by atoms with E-state index < -0.39 is 3.80 Å². The fraction of sp³-hybridized carbons (Fsp3) is 0.100. The van der Waals surface area contributed by atoms with E-state index in [9.17, 15) is 0 Å². The molecule has 0 amide bonds. The van der Waals surface area contributed by atoms with E-state index in [1.165, 1.54) is 0 Å². The second-order valence-corrected chi connectivity index (χ2v) is 5.75. The summed E-state index contributed by atoms with van der Waals surface area (Å²) in [5.74, 6) is 0. The minimum atomic E-state index is -0.485. The molecule has 2 radical (unpaired) electrons. The molecule has 0 spiro atoms. The Labute approximate surface area is 111 Å². The molecule has 0 N–H and O–H groups in total. The maximum atomic E-state index is 4.33. The van der Waals surface area contributed by atoms with E-state index in [-0.39, 0.29) is 0 Å². The van der Waals surface area contributed by atoms with Crippen LogP contribution in [0.1, 0.15) is 0 Å². The molecule has 17 heavy (non-hydrogen) atoms. The van der Waals surface area contributed by atoms with Gasteiger partial charge in [0.05, 0.1) is 0 Å². The summed E-state index contributed by atoms with van der Waals surface area (Å²) in [5, 5.41) is 13.0. The van der Waals surface area contributed by atoms with E-state index >= 15 is 0 Å². The molecule has 0 aliphatic rings. The van der Waals surface area contributed by atoms with Crippen LogP contribution in [0.3, 0.4) is 0 Å². The molecule has 7 heteroatoms. The Morgan fingerprint density at radius 1 is 0.706 bits per heavy atom. The molecule has 0 aliphatic heterocycles. The molecule has 0 fully saturated rings. The van der Waals surface area contributed by atoms with E-state index in [1.807, 2.05) is 50.8 Å². The molecule has 0 unspecified atom stereocenters. The summed E-state index contributed by atoms with van der Waals surface area (Å²) in [6.45, 7) is 0. The summed E-state index contributed by atoms with van der Waals surface area (Å²) in [6.07, 6.45) is 11.1. The van der Waals surface area contributed by atoms with Gasteiger partial charge in [-0.25, -0.2) is 0 Å². The fourth-order valence-corrected chi connectivity index (χ4v) is 3.01. The molecule has 0 saturated heterocycles. The first kappa shape index (κ1) is 10.6. The van der Waals surface area contributed by atoms with Gasteiger partial charge in [-0.3, -0.25) is 0 Å². The summed E-state index contributed by atoms with van der Waals surface area (Å²) in [4.78, 5) is 0. The molecule has 3 heterocycles. The van der Waals surface area contributed by atoms with Gasteiger partial charge in [-0.2, -0.15) is 0 Å². The summed E-state index contributed by atoms with van der Waals surface area (Å²) in [7, 11) is 0. The second kappa shape index (κ2) is 4.02. The third kappa shape index (κ3) is 1.59. The predicted molar refractivity (Wildman–Crippen MR) is 62.6 cm³/mol. The normalized spacial score (nSPS) is 11.8. The topological polar surface area (TPSA) is 53.5 Å². The van der Waals surface area contributed by atoms with Crippen molar-refractivity contribution in [2.45, 2.75) is 3.80 Å². The Morgan fingerprint density at radius 2 is 1.06 bits per heavy atom. The predicted octanol–water partition coefficient (Wildman–Crippen LogP) is -0.159. The van der Waals surface area contributed by atoms with Gasteiger partial charge in [-0.05, 0) is 0 Å². The van der Waals surface area contributed by atoms with Gasteiger partial charge in [0.15, 0.2) is 0 Å². The van der Waals surface area contributed by atoms with Gasteiger partial charge in [-0.15, -0.1) is 0 Å². The quantitative estimate of drug-likeness (QED) is 0.626. The van der Waals surface area contributed by atoms with E-state index in [0.29, 0.717) is 0 Å². The zero-order valence-electron chi connectivity index (χ0n) is 8.96. The number of rotatable bonds is 3. The number of hydrogen-bond donors (Lipinski definition) is 0. The third-order valence-corrected chi connectivity index (χ3v) is 4.79. The van der Waals surface area contributed by atoms with Gasteiger partial charge in [0.1, 0.15) is 0 Å². The molecule has 3 aromatic rings. The molecule has 84 valence electrons. The number of nitrogens with zero attached hydrogens (tertiary/aromatic N) is 6. The average molecular weight is 333 g/mol. The van der Waals surface area contributed by atoms with Gasteiger partial charge >= 0.3 is 111 Å². The van der Waals surface area contributed by atoms with Crippen molar-refractivity contribution < 1.29 is 0 Å². The summed E-state index contributed by atoms with van der Waals surface area (Å²) in [5.41, 5.74) is 0. The number of aromatic nitrogens is 6. The van der Waals surface area contributed by atoms with E-state index in [1.54, 1.807) is 18.6 Å². The molecular formula is C10H10N6Sn. The second-order valence-electron chi connectivity index (χ2n) is 3.54. The van der Waals surface area contributed by atoms with Crippen LogP contribution in [0.15, 0.2) is 55.4 Å². The average Bonchev–Trinajstić information content (AvgIpc) is 3.10. The van der Waals surface area contributed by atoms with Gasteiger partial charge in [-0.1, -0.05) is 0 Å². The van der Waals surface area contributed by atoms with Crippen LogP contribution in [0.5, 0.6) is 0 Å². The van der Waals surface area contributed by atoms with Crippen LogP contribution in [0.4, 0.5) is 0 Å². The zero-order valence-corrected chi connectivity index (χ0v) is 12.3. The van der Waals surface area contributed by atoms with Crippen molar-refractivity contribution in [3.63, 3.8) is 0 Å². The molecule has 3 aromatic heterocycles. The monoisotopic (exact) mass is 334 g/mol. The van der Waals surface area contributed by atoms with Crippen LogP contribution in [0, 0.1) is 0 Å². The Hall–Kier alpha value is -1.57. The molecule has 3 rings (SSSR count). The van der Waals surface area contributed by atoms with E-state index in [2.05, 4.69) is 15.3 Å². The van der Waals surface area contributed by atoms with Crippen LogP contribution in [-0.4, -0.2) is 51.9 Å². The van der Waals surface area contributed by atoms with E-state index in [4.69, 9.17) is 0 Å². The van der Waals surface area contributed by atoms with Gasteiger partial charge in [0, 0.05) is 0 Å². The van der Waals surface area contributed by atoms with Crippen molar-refractivity contribution in [1.29, 1.82) is 0 Å². The van der Waals surface area contributed by atoms with Crippen molar-refractivity contribution in [2.75, 3.05) is 0 Å². The van der Waals surface area contributed by atoms with Crippen molar-refractivity contribution in [2.24, 2.45) is 0 Å². The summed E-state index contributed by atoms with van der Waals surface area (Å²) >= 11 is 0.857. The Kier molecular flexibility index (Phi) is 2.50. The molecular weight excluding hydrogens is 323 g/mol. The fourth-order valence-electron chi connectivity index (χ4n) is 1.71. The third-order valence-electron chi connectivity index (χ3n) is 2.52. The van der Waals surface area contributed by atoms with E-state index in [0.717, 1.165) is 22.5 Å². The number of hydrogen-bond acceptors (Lipinski definition) is 3. The Bertz CT molecular complexity index is 484. The van der Waals surface area contributed by atoms with Crippen molar-refractivity contribution >= 4 is 22.5 Å². The van der Waals surface area contributed by atoms with Crippen LogP contribution < -0.4 is 0 Å². The summed E-state index contributed by atoms with van der Waals surface area (Å²) < 4.78 is 5.13.